The second-order valence-electron chi connectivity index (χ2n) is 9.80. The lowest BCUT2D eigenvalue weighted by Crippen LogP contribution is -2.57. The number of carbonyl (C=O) groups is 4. The number of fused-ring (bicyclic) bond motifs is 2. The number of benzene rings is 2. The van der Waals surface area contributed by atoms with Gasteiger partial charge in [-0.1, -0.05) is 18.2 Å². The molecule has 2 aromatic carbocycles. The van der Waals surface area contributed by atoms with Gasteiger partial charge in [0.05, 0.1) is 11.1 Å². The fourth-order valence-electron chi connectivity index (χ4n) is 4.64. The van der Waals surface area contributed by atoms with Crippen LogP contribution in [0.2, 0.25) is 0 Å². The molecule has 1 aliphatic rings. The molecule has 0 unspecified atom stereocenters. The molecule has 0 atom stereocenters. The van der Waals surface area contributed by atoms with E-state index >= 15 is 0 Å². The molecular formula is C29H27N5O4. The van der Waals surface area contributed by atoms with Crippen LogP contribution < -0.4 is 5.32 Å². The second kappa shape index (κ2) is 9.59. The Hall–Kier alpha value is -4.79. The highest BCUT2D eigenvalue weighted by Crippen LogP contribution is 2.26. The number of nitrogens with one attached hydrogen (secondary N) is 1. The van der Waals surface area contributed by atoms with Gasteiger partial charge in [0, 0.05) is 48.8 Å². The third kappa shape index (κ3) is 4.43. The minimum atomic E-state index is -1.34. The molecule has 192 valence electrons. The first-order chi connectivity index (χ1) is 18.2. The van der Waals surface area contributed by atoms with Gasteiger partial charge >= 0.3 is 0 Å². The highest BCUT2D eigenvalue weighted by molar-refractivity contribution is 6.22. The van der Waals surface area contributed by atoms with Crippen molar-refractivity contribution in [2.75, 3.05) is 11.9 Å². The van der Waals surface area contributed by atoms with Crippen LogP contribution in [0.3, 0.4) is 0 Å². The predicted octanol–water partition coefficient (Wildman–Crippen LogP) is 3.62. The van der Waals surface area contributed by atoms with Crippen LogP contribution in [0.1, 0.15) is 40.1 Å². The number of nitrogens with zero attached hydrogens (tertiary/aromatic N) is 4. The van der Waals surface area contributed by atoms with Crippen molar-refractivity contribution in [3.8, 4) is 0 Å². The molecule has 38 heavy (non-hydrogen) atoms. The van der Waals surface area contributed by atoms with Gasteiger partial charge in [-0.15, -0.1) is 0 Å². The smallest absolute Gasteiger partial charge is 0.262 e. The molecule has 9 heteroatoms. The van der Waals surface area contributed by atoms with E-state index in [9.17, 15) is 19.2 Å². The lowest BCUT2D eigenvalue weighted by atomic mass is 9.99. The quantitative estimate of drug-likeness (QED) is 0.383. The summed E-state index contributed by atoms with van der Waals surface area (Å²) in [6.45, 7) is 2.85. The number of hydrogen-bond acceptors (Lipinski definition) is 5. The molecule has 9 nitrogen and oxygen atoms in total. The van der Waals surface area contributed by atoms with Gasteiger partial charge in [-0.2, -0.15) is 0 Å². The molecule has 0 saturated carbocycles. The molecule has 0 spiro atoms. The molecule has 1 aliphatic heterocycles. The maximum absolute atomic E-state index is 13.7. The van der Waals surface area contributed by atoms with Gasteiger partial charge < -0.3 is 14.8 Å². The summed E-state index contributed by atoms with van der Waals surface area (Å²) in [5.41, 5.74) is 1.51. The number of anilines is 1. The number of rotatable bonds is 7. The Labute approximate surface area is 219 Å². The molecule has 2 aromatic heterocycles. The molecule has 3 heterocycles. The van der Waals surface area contributed by atoms with Crippen molar-refractivity contribution in [2.45, 2.75) is 25.9 Å². The summed E-state index contributed by atoms with van der Waals surface area (Å²) >= 11 is 0. The summed E-state index contributed by atoms with van der Waals surface area (Å²) in [7, 11) is 1.94. The van der Waals surface area contributed by atoms with Crippen molar-refractivity contribution in [2.24, 2.45) is 7.05 Å². The number of pyridine rings is 1. The van der Waals surface area contributed by atoms with E-state index < -0.39 is 35.7 Å². The summed E-state index contributed by atoms with van der Waals surface area (Å²) in [6, 6.07) is 17.6. The fraction of sp³-hybridized carbons (Fsp3) is 0.207. The molecule has 1 N–H and O–H groups in total. The zero-order valence-corrected chi connectivity index (χ0v) is 21.3. The highest BCUT2D eigenvalue weighted by Gasteiger charge is 2.42. The van der Waals surface area contributed by atoms with E-state index in [1.165, 1.54) is 4.90 Å². The summed E-state index contributed by atoms with van der Waals surface area (Å²) in [5.74, 6) is -2.01. The topological polar surface area (TPSA) is 105 Å². The van der Waals surface area contributed by atoms with Gasteiger partial charge in [0.2, 0.25) is 11.8 Å². The normalized spacial score (nSPS) is 13.1. The van der Waals surface area contributed by atoms with Crippen LogP contribution in [-0.4, -0.2) is 55.1 Å². The van der Waals surface area contributed by atoms with Crippen molar-refractivity contribution in [3.63, 3.8) is 0 Å². The summed E-state index contributed by atoms with van der Waals surface area (Å²) in [6.07, 6.45) is 5.17. The zero-order valence-electron chi connectivity index (χ0n) is 21.3. The van der Waals surface area contributed by atoms with Crippen LogP contribution in [0, 0.1) is 0 Å². The van der Waals surface area contributed by atoms with E-state index in [1.807, 2.05) is 42.1 Å². The SMILES string of the molecule is Cn1ccc2cc(NC(=O)C(C)(C)N(Cc3cccnc3)C(=O)CN3C(=O)c4ccccc4C3=O)ccc21. The van der Waals surface area contributed by atoms with Crippen molar-refractivity contribution in [1.82, 2.24) is 19.4 Å². The molecule has 0 aliphatic carbocycles. The number of carbonyl (C=O) groups excluding carboxylic acids is 4. The first-order valence-electron chi connectivity index (χ1n) is 12.2. The largest absolute Gasteiger partial charge is 0.351 e. The molecule has 0 saturated heterocycles. The average molecular weight is 510 g/mol. The number of hydrogen-bond donors (Lipinski definition) is 1. The Morgan fingerprint density at radius 1 is 0.974 bits per heavy atom. The van der Waals surface area contributed by atoms with Gasteiger partial charge in [0.15, 0.2) is 0 Å². The number of amides is 4. The van der Waals surface area contributed by atoms with Crippen molar-refractivity contribution in [1.29, 1.82) is 0 Å². The molecule has 5 rings (SSSR count). The Morgan fingerprint density at radius 3 is 2.34 bits per heavy atom. The van der Waals surface area contributed by atoms with E-state index in [0.29, 0.717) is 11.3 Å². The number of aromatic nitrogens is 2. The van der Waals surface area contributed by atoms with Gasteiger partial charge in [0.1, 0.15) is 12.1 Å². The molecular weight excluding hydrogens is 482 g/mol. The van der Waals surface area contributed by atoms with Gasteiger partial charge in [0.25, 0.3) is 11.8 Å². The Balaban J connectivity index is 1.41. The fourth-order valence-corrected chi connectivity index (χ4v) is 4.64. The van der Waals surface area contributed by atoms with E-state index in [0.717, 1.165) is 15.8 Å². The zero-order chi connectivity index (χ0) is 27.0. The van der Waals surface area contributed by atoms with Crippen LogP contribution in [0.25, 0.3) is 10.9 Å². The van der Waals surface area contributed by atoms with Crippen LogP contribution in [0.15, 0.2) is 79.3 Å². The Kier molecular flexibility index (Phi) is 6.28. The maximum atomic E-state index is 13.7. The van der Waals surface area contributed by atoms with E-state index in [-0.39, 0.29) is 17.7 Å². The molecule has 0 bridgehead atoms. The van der Waals surface area contributed by atoms with E-state index in [4.69, 9.17) is 0 Å². The van der Waals surface area contributed by atoms with Crippen LogP contribution in [0.5, 0.6) is 0 Å². The lowest BCUT2D eigenvalue weighted by molar-refractivity contribution is -0.144. The summed E-state index contributed by atoms with van der Waals surface area (Å²) < 4.78 is 1.98. The Morgan fingerprint density at radius 2 is 1.68 bits per heavy atom. The first-order valence-corrected chi connectivity index (χ1v) is 12.2. The van der Waals surface area contributed by atoms with Crippen LogP contribution >= 0.6 is 0 Å². The predicted molar refractivity (Wildman–Crippen MR) is 142 cm³/mol. The van der Waals surface area contributed by atoms with Crippen molar-refractivity contribution in [3.05, 3.63) is 95.9 Å². The second-order valence-corrected chi connectivity index (χ2v) is 9.80. The average Bonchev–Trinajstić information content (AvgIpc) is 3.40. The third-order valence-corrected chi connectivity index (χ3v) is 6.91. The van der Waals surface area contributed by atoms with Gasteiger partial charge in [-0.05, 0) is 61.9 Å². The summed E-state index contributed by atoms with van der Waals surface area (Å²) in [4.78, 5) is 59.5. The lowest BCUT2D eigenvalue weighted by Gasteiger charge is -2.38. The third-order valence-electron chi connectivity index (χ3n) is 6.91. The van der Waals surface area contributed by atoms with E-state index in [2.05, 4.69) is 10.3 Å². The van der Waals surface area contributed by atoms with Crippen molar-refractivity contribution >= 4 is 40.2 Å². The first kappa shape index (κ1) is 24.9. The minimum absolute atomic E-state index is 0.0635. The molecule has 4 aromatic rings. The number of aryl methyl sites for hydroxylation is 1. The maximum Gasteiger partial charge on any atom is 0.262 e. The molecule has 0 fully saturated rings. The van der Waals surface area contributed by atoms with Crippen LogP contribution in [-0.2, 0) is 23.2 Å². The standard InChI is InChI=1S/C29H27N5O4/c1-29(2,28(38)31-21-10-11-24-20(15-21)12-14-32(24)3)34(17-19-7-6-13-30-16-19)25(35)18-33-26(36)22-8-4-5-9-23(22)27(33)37/h4-16H,17-18H2,1-3H3,(H,31,38). The molecule has 4 amide bonds. The monoisotopic (exact) mass is 509 g/mol. The number of imide groups is 1. The molecule has 0 radical (unpaired) electrons. The van der Waals surface area contributed by atoms with Gasteiger partial charge in [-0.25, -0.2) is 0 Å². The minimum Gasteiger partial charge on any atom is -0.351 e. The Bertz CT molecular complexity index is 1540. The summed E-state index contributed by atoms with van der Waals surface area (Å²) in [5, 5.41) is 3.89. The highest BCUT2D eigenvalue weighted by atomic mass is 16.2. The van der Waals surface area contributed by atoms with Crippen molar-refractivity contribution < 1.29 is 19.2 Å². The van der Waals surface area contributed by atoms with E-state index in [1.54, 1.807) is 62.6 Å². The van der Waals surface area contributed by atoms with Crippen LogP contribution in [0.4, 0.5) is 5.69 Å². The van der Waals surface area contributed by atoms with Gasteiger partial charge in [-0.3, -0.25) is 29.1 Å².